The van der Waals surface area contributed by atoms with Crippen LogP contribution in [-0.4, -0.2) is 20.7 Å². The molecule has 152 valence electrons. The van der Waals surface area contributed by atoms with Crippen molar-refractivity contribution in [1.29, 1.82) is 0 Å². The van der Waals surface area contributed by atoms with Crippen molar-refractivity contribution in [2.24, 2.45) is 0 Å². The van der Waals surface area contributed by atoms with Crippen molar-refractivity contribution in [1.82, 2.24) is 20.1 Å². The van der Waals surface area contributed by atoms with Gasteiger partial charge in [-0.25, -0.2) is 0 Å². The number of carbonyl (C=O) groups excluding carboxylic acids is 1. The maximum atomic E-state index is 13.4. The normalized spacial score (nSPS) is 13.9. The average Bonchev–Trinajstić information content (AvgIpc) is 3.34. The third kappa shape index (κ3) is 4.34. The van der Waals surface area contributed by atoms with Gasteiger partial charge in [0.2, 0.25) is 0 Å². The third-order valence-electron chi connectivity index (χ3n) is 4.92. The molecule has 0 aromatic carbocycles. The van der Waals surface area contributed by atoms with Crippen molar-refractivity contribution < 1.29 is 18.0 Å². The molecule has 0 bridgehead atoms. The topological polar surface area (TPSA) is 59.8 Å². The van der Waals surface area contributed by atoms with E-state index in [9.17, 15) is 18.0 Å². The molecule has 1 aliphatic rings. The minimum atomic E-state index is -4.47. The van der Waals surface area contributed by atoms with Crippen LogP contribution < -0.4 is 5.32 Å². The van der Waals surface area contributed by atoms with E-state index in [0.717, 1.165) is 17.7 Å². The highest BCUT2D eigenvalue weighted by molar-refractivity contribution is 7.09. The summed E-state index contributed by atoms with van der Waals surface area (Å²) in [6, 6.07) is 7.04. The maximum Gasteiger partial charge on any atom is 0.435 e. The fraction of sp³-hybridized carbons (Fsp3) is 0.350. The summed E-state index contributed by atoms with van der Waals surface area (Å²) in [6.45, 7) is 0.528. The van der Waals surface area contributed by atoms with Gasteiger partial charge in [-0.1, -0.05) is 6.07 Å². The highest BCUT2D eigenvalue weighted by atomic mass is 32.1. The lowest BCUT2D eigenvalue weighted by molar-refractivity contribution is -0.142. The van der Waals surface area contributed by atoms with Gasteiger partial charge in [0, 0.05) is 27.9 Å². The van der Waals surface area contributed by atoms with E-state index >= 15 is 0 Å². The van der Waals surface area contributed by atoms with Crippen molar-refractivity contribution in [2.75, 3.05) is 0 Å². The van der Waals surface area contributed by atoms with Gasteiger partial charge < -0.3 is 5.32 Å². The molecule has 1 N–H and O–H groups in total. The molecule has 0 saturated heterocycles. The van der Waals surface area contributed by atoms with Gasteiger partial charge >= 0.3 is 6.18 Å². The molecule has 0 aliphatic heterocycles. The third-order valence-corrected chi connectivity index (χ3v) is 5.80. The summed E-state index contributed by atoms with van der Waals surface area (Å²) in [6.07, 6.45) is -0.434. The van der Waals surface area contributed by atoms with Crippen molar-refractivity contribution >= 4 is 17.2 Å². The molecule has 1 aliphatic carbocycles. The molecule has 0 radical (unpaired) electrons. The van der Waals surface area contributed by atoms with Crippen LogP contribution in [0.25, 0.3) is 0 Å². The summed E-state index contributed by atoms with van der Waals surface area (Å²) in [5.74, 6) is -0.250. The molecule has 4 rings (SSSR count). The number of hydrogen-bond donors (Lipinski definition) is 1. The fourth-order valence-corrected chi connectivity index (χ4v) is 4.22. The molecule has 3 aromatic rings. The Morgan fingerprint density at radius 1 is 1.24 bits per heavy atom. The molecule has 9 heteroatoms. The molecule has 0 unspecified atom stereocenters. The molecule has 0 spiro atoms. The summed E-state index contributed by atoms with van der Waals surface area (Å²) in [5, 5.41) is 8.63. The number of aromatic nitrogens is 3. The second-order valence-electron chi connectivity index (χ2n) is 6.93. The molecule has 5 nitrogen and oxygen atoms in total. The fourth-order valence-electron chi connectivity index (χ4n) is 3.57. The molecule has 3 aromatic heterocycles. The largest absolute Gasteiger partial charge is 0.435 e. The van der Waals surface area contributed by atoms with Crippen LogP contribution in [0.2, 0.25) is 0 Å². The number of carbonyl (C=O) groups is 1. The smallest absolute Gasteiger partial charge is 0.347 e. The van der Waals surface area contributed by atoms with Crippen LogP contribution in [-0.2, 0) is 32.1 Å². The summed E-state index contributed by atoms with van der Waals surface area (Å²) in [7, 11) is 0. The van der Waals surface area contributed by atoms with Crippen LogP contribution in [0.5, 0.6) is 0 Å². The second-order valence-corrected chi connectivity index (χ2v) is 7.97. The summed E-state index contributed by atoms with van der Waals surface area (Å²) < 4.78 is 41.5. The first-order valence-electron chi connectivity index (χ1n) is 9.33. The standard InChI is InChI=1S/C20H19F3N4OS/c21-20(22,23)18-16-5-1-2-6-17(16)27(26-18)12-14-10-13(7-8-24-14)19(28)25-11-15-4-3-9-29-15/h3-4,7-10H,1-2,5-6,11-12H2,(H,25,28). The minimum Gasteiger partial charge on any atom is -0.347 e. The van der Waals surface area contributed by atoms with E-state index in [0.29, 0.717) is 41.9 Å². The van der Waals surface area contributed by atoms with E-state index in [4.69, 9.17) is 0 Å². The quantitative estimate of drug-likeness (QED) is 0.673. The Kier molecular flexibility index (Phi) is 5.40. The van der Waals surface area contributed by atoms with Crippen molar-refractivity contribution in [3.8, 4) is 0 Å². The number of nitrogens with one attached hydrogen (secondary N) is 1. The zero-order valence-corrected chi connectivity index (χ0v) is 16.3. The van der Waals surface area contributed by atoms with Crippen LogP contribution in [0, 0.1) is 0 Å². The number of hydrogen-bond acceptors (Lipinski definition) is 4. The van der Waals surface area contributed by atoms with Gasteiger partial charge in [-0.3, -0.25) is 14.5 Å². The first-order valence-corrected chi connectivity index (χ1v) is 10.2. The lowest BCUT2D eigenvalue weighted by Gasteiger charge is -2.14. The van der Waals surface area contributed by atoms with Crippen molar-refractivity contribution in [3.05, 3.63) is 68.9 Å². The van der Waals surface area contributed by atoms with E-state index in [1.807, 2.05) is 17.5 Å². The monoisotopic (exact) mass is 420 g/mol. The number of fused-ring (bicyclic) bond motifs is 1. The molecule has 0 saturated carbocycles. The van der Waals surface area contributed by atoms with Gasteiger partial charge in [-0.15, -0.1) is 11.3 Å². The number of thiophene rings is 1. The molecular formula is C20H19F3N4OS. The van der Waals surface area contributed by atoms with Crippen LogP contribution in [0.4, 0.5) is 13.2 Å². The number of halogens is 3. The van der Waals surface area contributed by atoms with Gasteiger partial charge in [-0.2, -0.15) is 18.3 Å². The highest BCUT2D eigenvalue weighted by Crippen LogP contribution is 2.36. The van der Waals surface area contributed by atoms with Crippen LogP contribution >= 0.6 is 11.3 Å². The Morgan fingerprint density at radius 2 is 2.07 bits per heavy atom. The van der Waals surface area contributed by atoms with Crippen molar-refractivity contribution in [2.45, 2.75) is 44.9 Å². The van der Waals surface area contributed by atoms with Gasteiger partial charge in [0.25, 0.3) is 5.91 Å². The van der Waals surface area contributed by atoms with Crippen LogP contribution in [0.1, 0.15) is 50.7 Å². The zero-order chi connectivity index (χ0) is 20.4. The van der Waals surface area contributed by atoms with Crippen LogP contribution in [0.15, 0.2) is 35.8 Å². The summed E-state index contributed by atoms with van der Waals surface area (Å²) in [4.78, 5) is 17.7. The van der Waals surface area contributed by atoms with E-state index in [1.54, 1.807) is 23.5 Å². The maximum absolute atomic E-state index is 13.4. The number of nitrogens with zero attached hydrogens (tertiary/aromatic N) is 3. The molecule has 0 fully saturated rings. The van der Waals surface area contributed by atoms with E-state index in [1.165, 1.54) is 10.9 Å². The molecule has 3 heterocycles. The van der Waals surface area contributed by atoms with E-state index in [2.05, 4.69) is 15.4 Å². The second kappa shape index (κ2) is 7.98. The average molecular weight is 420 g/mol. The summed E-state index contributed by atoms with van der Waals surface area (Å²) >= 11 is 1.55. The predicted molar refractivity (Wildman–Crippen MR) is 103 cm³/mol. The lowest BCUT2D eigenvalue weighted by Crippen LogP contribution is -2.22. The number of amides is 1. The molecule has 1 amide bonds. The number of alkyl halides is 3. The molecular weight excluding hydrogens is 401 g/mol. The van der Waals surface area contributed by atoms with Crippen LogP contribution in [0.3, 0.4) is 0 Å². The Labute approximate surface area is 169 Å². The molecule has 0 atom stereocenters. The Bertz CT molecular complexity index is 1010. The summed E-state index contributed by atoms with van der Waals surface area (Å²) in [5.41, 5.74) is 1.05. The minimum absolute atomic E-state index is 0.102. The first kappa shape index (κ1) is 19.6. The molecule has 29 heavy (non-hydrogen) atoms. The van der Waals surface area contributed by atoms with E-state index in [-0.39, 0.29) is 12.5 Å². The van der Waals surface area contributed by atoms with Gasteiger partial charge in [-0.05, 0) is 49.3 Å². The first-order chi connectivity index (χ1) is 13.9. The van der Waals surface area contributed by atoms with Gasteiger partial charge in [0.1, 0.15) is 0 Å². The SMILES string of the molecule is O=C(NCc1cccs1)c1ccnc(Cn2nc(C(F)(F)F)c3c2CCCC3)c1. The number of pyridine rings is 1. The Morgan fingerprint density at radius 3 is 2.83 bits per heavy atom. The van der Waals surface area contributed by atoms with Gasteiger partial charge in [0.05, 0.1) is 18.8 Å². The van der Waals surface area contributed by atoms with Gasteiger partial charge in [0.15, 0.2) is 5.69 Å². The van der Waals surface area contributed by atoms with E-state index < -0.39 is 11.9 Å². The van der Waals surface area contributed by atoms with Crippen molar-refractivity contribution in [3.63, 3.8) is 0 Å². The zero-order valence-electron chi connectivity index (χ0n) is 15.5. The number of rotatable bonds is 5. The highest BCUT2D eigenvalue weighted by Gasteiger charge is 2.39. The Hall–Kier alpha value is -2.68. The predicted octanol–water partition coefficient (Wildman–Crippen LogP) is 4.22. The Balaban J connectivity index is 1.54. The lowest BCUT2D eigenvalue weighted by atomic mass is 9.95.